The quantitative estimate of drug-likeness (QED) is 0.290. The van der Waals surface area contributed by atoms with Crippen molar-refractivity contribution < 1.29 is 30.3 Å². The van der Waals surface area contributed by atoms with Gasteiger partial charge in [-0.2, -0.15) is 16.8 Å². The summed E-state index contributed by atoms with van der Waals surface area (Å²) in [5.74, 6) is 0.550. The van der Waals surface area contributed by atoms with E-state index in [1.807, 2.05) is 54.9 Å². The molecule has 214 valence electrons. The van der Waals surface area contributed by atoms with Gasteiger partial charge in [0.1, 0.15) is 16.8 Å². The number of aryl methyl sites for hydroxylation is 1. The van der Waals surface area contributed by atoms with E-state index in [2.05, 4.69) is 9.97 Å². The maximum absolute atomic E-state index is 13.2. The third kappa shape index (κ3) is 8.15. The van der Waals surface area contributed by atoms with E-state index in [4.69, 9.17) is 9.11 Å². The molecule has 2 N–H and O–H groups in total. The van der Waals surface area contributed by atoms with Gasteiger partial charge in [0.15, 0.2) is 0 Å². The first-order chi connectivity index (χ1) is 18.4. The predicted molar refractivity (Wildman–Crippen MR) is 154 cm³/mol. The maximum atomic E-state index is 13.2. The van der Waals surface area contributed by atoms with E-state index in [9.17, 15) is 26.0 Å². The number of hydrogen-bond donors (Lipinski definition) is 2. The molecule has 0 radical (unpaired) electrons. The Kier molecular flexibility index (Phi) is 9.10. The Balaban J connectivity index is 0.000000381. The molecule has 0 unspecified atom stereocenters. The number of hydrogen-bond acceptors (Lipinski definition) is 9. The lowest BCUT2D eigenvalue weighted by atomic mass is 10.2. The van der Waals surface area contributed by atoms with Crippen molar-refractivity contribution in [1.29, 1.82) is 0 Å². The van der Waals surface area contributed by atoms with Crippen LogP contribution in [0, 0.1) is 5.82 Å². The molecule has 3 heterocycles. The van der Waals surface area contributed by atoms with Crippen molar-refractivity contribution >= 4 is 58.8 Å². The Labute approximate surface area is 233 Å². The lowest BCUT2D eigenvalue weighted by Crippen LogP contribution is -2.17. The zero-order chi connectivity index (χ0) is 30.0. The third-order valence-corrected chi connectivity index (χ3v) is 6.25. The first-order valence-corrected chi connectivity index (χ1v) is 15.7. The summed E-state index contributed by atoms with van der Waals surface area (Å²) in [6.07, 6.45) is 2.98. The van der Waals surface area contributed by atoms with Crippen molar-refractivity contribution in [3.63, 3.8) is 0 Å². The molecule has 5 aromatic rings. The van der Waals surface area contributed by atoms with E-state index in [0.29, 0.717) is 22.7 Å². The highest BCUT2D eigenvalue weighted by Crippen LogP contribution is 2.31. The van der Waals surface area contributed by atoms with Crippen LogP contribution in [0.15, 0.2) is 59.7 Å². The molecule has 0 aliphatic rings. The highest BCUT2D eigenvalue weighted by atomic mass is 32.2. The molecule has 40 heavy (non-hydrogen) atoms. The second-order valence-corrected chi connectivity index (χ2v) is 12.7. The monoisotopic (exact) mass is 611 g/mol. The van der Waals surface area contributed by atoms with E-state index in [-0.39, 0.29) is 11.4 Å². The van der Waals surface area contributed by atoms with Crippen LogP contribution in [0.5, 0.6) is 0 Å². The number of benzene rings is 2. The Hall–Kier alpha value is -3.70. The molecular formula is C24H26FN5O7S3. The van der Waals surface area contributed by atoms with Crippen molar-refractivity contribution in [2.45, 2.75) is 0 Å². The fourth-order valence-corrected chi connectivity index (χ4v) is 4.61. The highest BCUT2D eigenvalue weighted by Gasteiger charge is 2.14. The number of nitrogens with zero attached hydrogens (tertiary/aromatic N) is 5. The minimum atomic E-state index is -3.67. The molecule has 0 bridgehead atoms. The Morgan fingerprint density at radius 1 is 0.925 bits per heavy atom. The number of fused-ring (bicyclic) bond motifs is 2. The smallest absolute Gasteiger partial charge is 0.275 e. The topological polar surface area (TPSA) is 165 Å². The molecule has 0 amide bonds. The normalized spacial score (nSPS) is 11.5. The summed E-state index contributed by atoms with van der Waals surface area (Å²) in [7, 11) is -1.49. The van der Waals surface area contributed by atoms with Crippen LogP contribution in [0.3, 0.4) is 0 Å². The van der Waals surface area contributed by atoms with Crippen molar-refractivity contribution in [1.82, 2.24) is 19.1 Å². The molecule has 0 aliphatic carbocycles. The highest BCUT2D eigenvalue weighted by molar-refractivity contribution is 7.85. The predicted octanol–water partition coefficient (Wildman–Crippen LogP) is 3.21. The Morgan fingerprint density at radius 3 is 2.05 bits per heavy atom. The van der Waals surface area contributed by atoms with Crippen molar-refractivity contribution in [3.8, 4) is 16.1 Å². The summed E-state index contributed by atoms with van der Waals surface area (Å²) in [6, 6.07) is 13.8. The molecule has 0 saturated carbocycles. The summed E-state index contributed by atoms with van der Waals surface area (Å²) < 4.78 is 69.1. The Bertz CT molecular complexity index is 1900. The number of halogens is 1. The van der Waals surface area contributed by atoms with Gasteiger partial charge in [0.05, 0.1) is 34.7 Å². The fourth-order valence-electron chi connectivity index (χ4n) is 3.57. The van der Waals surface area contributed by atoms with Gasteiger partial charge in [0.2, 0.25) is 5.95 Å². The summed E-state index contributed by atoms with van der Waals surface area (Å²) in [4.78, 5) is 25.1. The van der Waals surface area contributed by atoms with Gasteiger partial charge in [0.25, 0.3) is 25.8 Å². The molecular weight excluding hydrogens is 585 g/mol. The third-order valence-electron chi connectivity index (χ3n) is 5.09. The summed E-state index contributed by atoms with van der Waals surface area (Å²) in [5, 5.41) is 0. The van der Waals surface area contributed by atoms with Crippen LogP contribution in [-0.4, -0.2) is 71.7 Å². The molecule has 5 rings (SSSR count). The van der Waals surface area contributed by atoms with Gasteiger partial charge in [0, 0.05) is 26.0 Å². The summed E-state index contributed by atoms with van der Waals surface area (Å²) in [5.41, 5.74) is 3.89. The average molecular weight is 612 g/mol. The van der Waals surface area contributed by atoms with Crippen LogP contribution in [0.25, 0.3) is 37.4 Å². The van der Waals surface area contributed by atoms with Crippen LogP contribution in [0.4, 0.5) is 10.3 Å². The van der Waals surface area contributed by atoms with Crippen LogP contribution < -0.4 is 10.5 Å². The van der Waals surface area contributed by atoms with E-state index in [1.165, 1.54) is 23.5 Å². The van der Waals surface area contributed by atoms with Gasteiger partial charge in [-0.3, -0.25) is 18.5 Å². The van der Waals surface area contributed by atoms with Gasteiger partial charge >= 0.3 is 0 Å². The van der Waals surface area contributed by atoms with E-state index >= 15 is 0 Å². The molecule has 0 fully saturated rings. The molecule has 16 heteroatoms. The van der Waals surface area contributed by atoms with Gasteiger partial charge in [-0.15, -0.1) is 11.3 Å². The van der Waals surface area contributed by atoms with Gasteiger partial charge < -0.3 is 9.47 Å². The molecule has 0 aliphatic heterocycles. The number of anilines is 1. The van der Waals surface area contributed by atoms with Gasteiger partial charge in [-0.25, -0.2) is 14.4 Å². The van der Waals surface area contributed by atoms with Crippen LogP contribution >= 0.6 is 11.3 Å². The van der Waals surface area contributed by atoms with E-state index in [1.54, 1.807) is 23.0 Å². The number of aromatic nitrogens is 4. The lowest BCUT2D eigenvalue weighted by molar-refractivity contribution is 0.488. The van der Waals surface area contributed by atoms with Crippen LogP contribution in [0.2, 0.25) is 0 Å². The number of rotatable bonds is 3. The average Bonchev–Trinajstić information content (AvgIpc) is 3.40. The number of thiophene rings is 1. The minimum Gasteiger partial charge on any atom is -0.348 e. The minimum absolute atomic E-state index is 0.132. The lowest BCUT2D eigenvalue weighted by Gasteiger charge is -2.11. The Morgan fingerprint density at radius 2 is 1.50 bits per heavy atom. The standard InChI is InChI=1S/C22H18FN5OS.2CH4O3S/c1-26(2)22-25-16-9-8-15(10-18(16)27(22)3)28-12-24-17-11-19(30-20(17)21(28)29)13-4-6-14(23)7-5-13;2*1-5(2,3)4/h4-12H,1-3H3;2*1H3,(H,2,3,4). The second kappa shape index (κ2) is 11.8. The van der Waals surface area contributed by atoms with Crippen LogP contribution in [-0.2, 0) is 27.3 Å². The first-order valence-electron chi connectivity index (χ1n) is 11.2. The van der Waals surface area contributed by atoms with Crippen molar-refractivity contribution in [2.24, 2.45) is 7.05 Å². The second-order valence-electron chi connectivity index (χ2n) is 8.76. The van der Waals surface area contributed by atoms with Crippen molar-refractivity contribution in [2.75, 3.05) is 31.5 Å². The van der Waals surface area contributed by atoms with Crippen LogP contribution in [0.1, 0.15) is 0 Å². The molecule has 3 aromatic heterocycles. The molecule has 12 nitrogen and oxygen atoms in total. The zero-order valence-electron chi connectivity index (χ0n) is 22.0. The molecule has 2 aromatic carbocycles. The SMILES string of the molecule is CN(C)c1nc2ccc(-n3cnc4cc(-c5ccc(F)cc5)sc4c3=O)cc2n1C.CS(=O)(=O)O.CS(=O)(=O)O. The summed E-state index contributed by atoms with van der Waals surface area (Å²) in [6.45, 7) is 0. The molecule has 0 spiro atoms. The first kappa shape index (κ1) is 30.8. The van der Waals surface area contributed by atoms with Gasteiger partial charge in [-0.1, -0.05) is 12.1 Å². The zero-order valence-corrected chi connectivity index (χ0v) is 24.4. The molecule has 0 atom stereocenters. The molecule has 0 saturated heterocycles. The van der Waals surface area contributed by atoms with Gasteiger partial charge in [-0.05, 0) is 42.0 Å². The van der Waals surface area contributed by atoms with E-state index in [0.717, 1.165) is 33.1 Å². The maximum Gasteiger partial charge on any atom is 0.275 e. The summed E-state index contributed by atoms with van der Waals surface area (Å²) >= 11 is 1.36. The van der Waals surface area contributed by atoms with E-state index < -0.39 is 20.2 Å². The van der Waals surface area contributed by atoms with Crippen molar-refractivity contribution in [3.05, 3.63) is 71.0 Å². The number of imidazole rings is 1. The fraction of sp³-hybridized carbons (Fsp3) is 0.208. The largest absolute Gasteiger partial charge is 0.348 e.